The summed E-state index contributed by atoms with van der Waals surface area (Å²) >= 11 is 0. The van der Waals surface area contributed by atoms with Crippen LogP contribution in [0.3, 0.4) is 0 Å². The minimum absolute atomic E-state index is 0.0152. The Morgan fingerprint density at radius 2 is 2.00 bits per heavy atom. The average Bonchev–Trinajstić information content (AvgIpc) is 2.48. The number of ether oxygens (including phenoxy) is 1. The summed E-state index contributed by atoms with van der Waals surface area (Å²) < 4.78 is 5.62. The molecular weight excluding hydrogens is 270 g/mol. The molecule has 2 N–H and O–H groups in total. The van der Waals surface area contributed by atoms with Gasteiger partial charge in [-0.2, -0.15) is 0 Å². The maximum atomic E-state index is 12.2. The lowest BCUT2D eigenvalue weighted by atomic mass is 9.73. The number of carbonyl (C=O) groups excluding carboxylic acids is 1. The summed E-state index contributed by atoms with van der Waals surface area (Å²) in [5.74, 6) is -1.06. The zero-order chi connectivity index (χ0) is 15.3. The van der Waals surface area contributed by atoms with Crippen LogP contribution in [-0.2, 0) is 14.3 Å². The molecular formula is C16H27NO4. The third-order valence-corrected chi connectivity index (χ3v) is 5.01. The van der Waals surface area contributed by atoms with Crippen molar-refractivity contribution in [1.82, 2.24) is 5.32 Å². The highest BCUT2D eigenvalue weighted by atomic mass is 16.5. The Morgan fingerprint density at radius 3 is 2.62 bits per heavy atom. The van der Waals surface area contributed by atoms with Gasteiger partial charge in [-0.3, -0.25) is 4.79 Å². The van der Waals surface area contributed by atoms with Crippen LogP contribution < -0.4 is 5.32 Å². The van der Waals surface area contributed by atoms with Gasteiger partial charge in [0.1, 0.15) is 5.54 Å². The lowest BCUT2D eigenvalue weighted by molar-refractivity contribution is -0.152. The molecule has 120 valence electrons. The second kappa shape index (κ2) is 7.25. The molecule has 1 aliphatic carbocycles. The molecule has 0 radical (unpaired) electrons. The van der Waals surface area contributed by atoms with Gasteiger partial charge in [0, 0.05) is 13.0 Å². The van der Waals surface area contributed by atoms with E-state index in [9.17, 15) is 14.7 Å². The van der Waals surface area contributed by atoms with Crippen LogP contribution in [0.1, 0.15) is 64.7 Å². The van der Waals surface area contributed by atoms with Crippen molar-refractivity contribution in [2.45, 2.75) is 76.4 Å². The number of nitrogens with one attached hydrogen (secondary N) is 1. The number of aliphatic carboxylic acids is 1. The first-order valence-electron chi connectivity index (χ1n) is 8.20. The number of carboxylic acid groups (broad SMARTS) is 1. The summed E-state index contributed by atoms with van der Waals surface area (Å²) in [6.45, 7) is 2.71. The van der Waals surface area contributed by atoms with Crippen LogP contribution in [-0.4, -0.2) is 35.2 Å². The molecule has 1 aliphatic heterocycles. The minimum atomic E-state index is -1.07. The first kappa shape index (κ1) is 16.3. The van der Waals surface area contributed by atoms with Crippen LogP contribution in [0.25, 0.3) is 0 Å². The van der Waals surface area contributed by atoms with Gasteiger partial charge in [-0.1, -0.05) is 19.8 Å². The van der Waals surface area contributed by atoms with E-state index in [1.807, 2.05) is 6.92 Å². The highest BCUT2D eigenvalue weighted by molar-refractivity contribution is 5.87. The maximum absolute atomic E-state index is 12.2. The van der Waals surface area contributed by atoms with E-state index in [1.54, 1.807) is 0 Å². The van der Waals surface area contributed by atoms with Gasteiger partial charge >= 0.3 is 5.97 Å². The van der Waals surface area contributed by atoms with Crippen molar-refractivity contribution < 1.29 is 19.4 Å². The van der Waals surface area contributed by atoms with Crippen molar-refractivity contribution in [3.05, 3.63) is 0 Å². The van der Waals surface area contributed by atoms with E-state index in [1.165, 1.54) is 0 Å². The Bertz CT molecular complexity index is 378. The summed E-state index contributed by atoms with van der Waals surface area (Å²) in [4.78, 5) is 23.9. The van der Waals surface area contributed by atoms with E-state index in [0.717, 1.165) is 45.1 Å². The van der Waals surface area contributed by atoms with Gasteiger partial charge in [-0.05, 0) is 44.4 Å². The molecule has 2 aliphatic rings. The molecule has 21 heavy (non-hydrogen) atoms. The van der Waals surface area contributed by atoms with Gasteiger partial charge in [0.25, 0.3) is 0 Å². The van der Waals surface area contributed by atoms with Crippen molar-refractivity contribution in [2.75, 3.05) is 6.61 Å². The SMILES string of the molecule is CC1CCCCC1(NC(=O)CCC1CCCCO1)C(=O)O. The molecule has 1 saturated carbocycles. The summed E-state index contributed by atoms with van der Waals surface area (Å²) in [6, 6.07) is 0. The Balaban J connectivity index is 1.87. The fourth-order valence-corrected chi connectivity index (χ4v) is 3.54. The van der Waals surface area contributed by atoms with E-state index in [2.05, 4.69) is 5.32 Å². The third kappa shape index (κ3) is 3.96. The normalized spacial score (nSPS) is 33.4. The van der Waals surface area contributed by atoms with Crippen LogP contribution in [0.5, 0.6) is 0 Å². The number of carbonyl (C=O) groups is 2. The van der Waals surface area contributed by atoms with E-state index < -0.39 is 11.5 Å². The van der Waals surface area contributed by atoms with Gasteiger partial charge in [0.15, 0.2) is 0 Å². The summed E-state index contributed by atoms with van der Waals surface area (Å²) in [5.41, 5.74) is -1.07. The van der Waals surface area contributed by atoms with Crippen LogP contribution >= 0.6 is 0 Å². The van der Waals surface area contributed by atoms with Crippen LogP contribution in [0.4, 0.5) is 0 Å². The molecule has 5 nitrogen and oxygen atoms in total. The average molecular weight is 297 g/mol. The molecule has 1 heterocycles. The van der Waals surface area contributed by atoms with E-state index in [0.29, 0.717) is 19.3 Å². The molecule has 1 amide bonds. The molecule has 2 rings (SSSR count). The lowest BCUT2D eigenvalue weighted by Crippen LogP contribution is -2.60. The molecule has 0 spiro atoms. The van der Waals surface area contributed by atoms with Gasteiger partial charge in [0.2, 0.25) is 5.91 Å². The molecule has 1 saturated heterocycles. The molecule has 0 aromatic carbocycles. The van der Waals surface area contributed by atoms with Gasteiger partial charge in [-0.15, -0.1) is 0 Å². The van der Waals surface area contributed by atoms with Crippen LogP contribution in [0.15, 0.2) is 0 Å². The topological polar surface area (TPSA) is 75.6 Å². The zero-order valence-electron chi connectivity index (χ0n) is 12.9. The highest BCUT2D eigenvalue weighted by Crippen LogP contribution is 2.34. The van der Waals surface area contributed by atoms with Crippen molar-refractivity contribution in [1.29, 1.82) is 0 Å². The molecule has 0 aromatic heterocycles. The number of rotatable bonds is 5. The number of amides is 1. The molecule has 0 aromatic rings. The third-order valence-electron chi connectivity index (χ3n) is 5.01. The van der Waals surface area contributed by atoms with Crippen molar-refractivity contribution >= 4 is 11.9 Å². The van der Waals surface area contributed by atoms with Crippen LogP contribution in [0, 0.1) is 5.92 Å². The fourth-order valence-electron chi connectivity index (χ4n) is 3.54. The lowest BCUT2D eigenvalue weighted by Gasteiger charge is -2.39. The number of hydrogen-bond acceptors (Lipinski definition) is 3. The number of carboxylic acids is 1. The number of hydrogen-bond donors (Lipinski definition) is 2. The first-order valence-corrected chi connectivity index (χ1v) is 8.20. The van der Waals surface area contributed by atoms with Crippen LogP contribution in [0.2, 0.25) is 0 Å². The Kier molecular flexibility index (Phi) is 5.62. The minimum Gasteiger partial charge on any atom is -0.479 e. The van der Waals surface area contributed by atoms with Crippen molar-refractivity contribution in [2.24, 2.45) is 5.92 Å². The van der Waals surface area contributed by atoms with Crippen molar-refractivity contribution in [3.8, 4) is 0 Å². The predicted molar refractivity (Wildman–Crippen MR) is 79.0 cm³/mol. The maximum Gasteiger partial charge on any atom is 0.329 e. The smallest absolute Gasteiger partial charge is 0.329 e. The summed E-state index contributed by atoms with van der Waals surface area (Å²) in [7, 11) is 0. The largest absolute Gasteiger partial charge is 0.479 e. The van der Waals surface area contributed by atoms with E-state index in [4.69, 9.17) is 4.74 Å². The zero-order valence-corrected chi connectivity index (χ0v) is 12.9. The summed E-state index contributed by atoms with van der Waals surface area (Å²) in [5, 5.41) is 12.4. The second-order valence-electron chi connectivity index (χ2n) is 6.50. The molecule has 0 bridgehead atoms. The quantitative estimate of drug-likeness (QED) is 0.817. The summed E-state index contributed by atoms with van der Waals surface area (Å²) in [6.07, 6.45) is 7.77. The van der Waals surface area contributed by atoms with Gasteiger partial charge in [0.05, 0.1) is 6.10 Å². The Hall–Kier alpha value is -1.10. The Morgan fingerprint density at radius 1 is 1.24 bits per heavy atom. The van der Waals surface area contributed by atoms with E-state index in [-0.39, 0.29) is 17.9 Å². The fraction of sp³-hybridized carbons (Fsp3) is 0.875. The van der Waals surface area contributed by atoms with Gasteiger partial charge in [-0.25, -0.2) is 4.79 Å². The highest BCUT2D eigenvalue weighted by Gasteiger charge is 2.46. The molecule has 5 heteroatoms. The standard InChI is InChI=1S/C16H27NO4/c1-12-6-2-4-10-16(12,15(19)20)17-14(18)9-8-13-7-3-5-11-21-13/h12-13H,2-11H2,1H3,(H,17,18)(H,19,20). The second-order valence-corrected chi connectivity index (χ2v) is 6.50. The predicted octanol–water partition coefficient (Wildman–Crippen LogP) is 2.49. The monoisotopic (exact) mass is 297 g/mol. The van der Waals surface area contributed by atoms with E-state index >= 15 is 0 Å². The first-order chi connectivity index (χ1) is 10.0. The molecule has 2 fully saturated rings. The van der Waals surface area contributed by atoms with Crippen molar-refractivity contribution in [3.63, 3.8) is 0 Å². The Labute approximate surface area is 126 Å². The van der Waals surface area contributed by atoms with Gasteiger partial charge < -0.3 is 15.2 Å². The molecule has 3 unspecified atom stereocenters. The molecule has 3 atom stereocenters.